The summed E-state index contributed by atoms with van der Waals surface area (Å²) in [6.07, 6.45) is 56.8. The van der Waals surface area contributed by atoms with Gasteiger partial charge in [-0.05, 0) is 51.4 Å². The van der Waals surface area contributed by atoms with Crippen LogP contribution in [0, 0.1) is 0 Å². The number of hydrogen-bond acceptors (Lipinski definition) is 7. The fourth-order valence-corrected chi connectivity index (χ4v) is 8.02. The third-order valence-electron chi connectivity index (χ3n) is 12.4. The lowest BCUT2D eigenvalue weighted by Gasteiger charge is -2.25. The fourth-order valence-electron chi connectivity index (χ4n) is 8.02. The number of rotatable bonds is 52. The van der Waals surface area contributed by atoms with Gasteiger partial charge in [0.1, 0.15) is 13.2 Å². The molecule has 0 saturated heterocycles. The highest BCUT2D eigenvalue weighted by atomic mass is 16.7. The SMILES string of the molecule is CCCCCCC/C=C\C/C=C\C/C=C\CCCCCCCCCCCCCCCCCCCCC(=O)OC(COC(=O)CCCCCCCCCCC)COC(OCC[N+](C)(C)C)C(=O)O. The monoisotopic (exact) mass is 947 g/mol. The van der Waals surface area contributed by atoms with Crippen molar-refractivity contribution in [2.24, 2.45) is 0 Å². The number of quaternary nitrogens is 1. The topological polar surface area (TPSA) is 108 Å². The second kappa shape index (κ2) is 49.9. The lowest BCUT2D eigenvalue weighted by molar-refractivity contribution is -0.870. The van der Waals surface area contributed by atoms with Crippen molar-refractivity contribution in [2.75, 3.05) is 47.5 Å². The Balaban J connectivity index is 4.00. The zero-order valence-electron chi connectivity index (χ0n) is 44.6. The van der Waals surface area contributed by atoms with E-state index in [0.29, 0.717) is 17.4 Å². The number of carbonyl (C=O) groups is 3. The zero-order valence-corrected chi connectivity index (χ0v) is 44.6. The van der Waals surface area contributed by atoms with Gasteiger partial charge in [-0.2, -0.15) is 0 Å². The van der Waals surface area contributed by atoms with Crippen LogP contribution in [0.4, 0.5) is 0 Å². The van der Waals surface area contributed by atoms with E-state index in [1.54, 1.807) is 0 Å². The number of aliphatic carboxylic acids is 1. The van der Waals surface area contributed by atoms with E-state index in [1.165, 1.54) is 180 Å². The average Bonchev–Trinajstić information content (AvgIpc) is 3.29. The molecule has 0 spiro atoms. The molecule has 0 rings (SSSR count). The van der Waals surface area contributed by atoms with E-state index in [2.05, 4.69) is 50.3 Å². The van der Waals surface area contributed by atoms with Crippen molar-refractivity contribution in [2.45, 2.75) is 270 Å². The van der Waals surface area contributed by atoms with E-state index < -0.39 is 24.3 Å². The van der Waals surface area contributed by atoms with E-state index in [4.69, 9.17) is 18.9 Å². The van der Waals surface area contributed by atoms with Gasteiger partial charge in [-0.15, -0.1) is 0 Å². The molecule has 0 aromatic rings. The first-order valence-electron chi connectivity index (χ1n) is 28.2. The predicted octanol–water partition coefficient (Wildman–Crippen LogP) is 16.1. The number of allylic oxidation sites excluding steroid dienone is 6. The van der Waals surface area contributed by atoms with Crippen LogP contribution in [0.25, 0.3) is 0 Å². The Morgan fingerprint density at radius 3 is 1.19 bits per heavy atom. The number of esters is 2. The van der Waals surface area contributed by atoms with Crippen LogP contribution in [0.2, 0.25) is 0 Å². The molecule has 1 N–H and O–H groups in total. The highest BCUT2D eigenvalue weighted by Gasteiger charge is 2.25. The number of carboxylic acid groups (broad SMARTS) is 1. The molecule has 9 nitrogen and oxygen atoms in total. The van der Waals surface area contributed by atoms with Crippen molar-refractivity contribution in [3.63, 3.8) is 0 Å². The highest BCUT2D eigenvalue weighted by molar-refractivity contribution is 5.71. The Morgan fingerprint density at radius 2 is 0.806 bits per heavy atom. The summed E-state index contributed by atoms with van der Waals surface area (Å²) in [5, 5.41) is 9.65. The molecule has 2 unspecified atom stereocenters. The van der Waals surface area contributed by atoms with Crippen LogP contribution < -0.4 is 0 Å². The third-order valence-corrected chi connectivity index (χ3v) is 12.4. The van der Waals surface area contributed by atoms with Gasteiger partial charge in [-0.1, -0.05) is 230 Å². The maximum absolute atomic E-state index is 12.8. The quantitative estimate of drug-likeness (QED) is 0.0211. The van der Waals surface area contributed by atoms with Crippen LogP contribution in [-0.4, -0.2) is 87.4 Å². The Morgan fingerprint density at radius 1 is 0.448 bits per heavy atom. The van der Waals surface area contributed by atoms with Gasteiger partial charge in [-0.25, -0.2) is 4.79 Å². The molecular formula is C58H108NO8+. The molecule has 2 atom stereocenters. The van der Waals surface area contributed by atoms with Gasteiger partial charge in [0.25, 0.3) is 6.29 Å². The largest absolute Gasteiger partial charge is 0.477 e. The maximum atomic E-state index is 12.8. The number of ether oxygens (including phenoxy) is 4. The Labute approximate surface area is 413 Å². The molecule has 0 aromatic carbocycles. The molecule has 0 aliphatic heterocycles. The molecule has 0 radical (unpaired) electrons. The van der Waals surface area contributed by atoms with Crippen LogP contribution in [0.5, 0.6) is 0 Å². The van der Waals surface area contributed by atoms with Gasteiger partial charge in [0.15, 0.2) is 6.10 Å². The molecule has 0 bridgehead atoms. The lowest BCUT2D eigenvalue weighted by atomic mass is 10.0. The van der Waals surface area contributed by atoms with Crippen molar-refractivity contribution in [1.29, 1.82) is 0 Å². The predicted molar refractivity (Wildman–Crippen MR) is 281 cm³/mol. The Bertz CT molecular complexity index is 1190. The van der Waals surface area contributed by atoms with E-state index >= 15 is 0 Å². The van der Waals surface area contributed by atoms with Crippen LogP contribution >= 0.6 is 0 Å². The minimum Gasteiger partial charge on any atom is -0.477 e. The van der Waals surface area contributed by atoms with Gasteiger partial charge in [0.2, 0.25) is 0 Å². The van der Waals surface area contributed by atoms with Gasteiger partial charge < -0.3 is 28.5 Å². The summed E-state index contributed by atoms with van der Waals surface area (Å²) >= 11 is 0. The second-order valence-electron chi connectivity index (χ2n) is 20.3. The van der Waals surface area contributed by atoms with Crippen molar-refractivity contribution in [3.8, 4) is 0 Å². The van der Waals surface area contributed by atoms with Crippen molar-refractivity contribution < 1.29 is 42.9 Å². The summed E-state index contributed by atoms with van der Waals surface area (Å²) in [6, 6.07) is 0. The lowest BCUT2D eigenvalue weighted by Crippen LogP contribution is -2.40. The molecule has 392 valence electrons. The standard InChI is InChI=1S/C58H107NO8/c1-6-8-10-12-14-16-17-18-19-20-21-22-23-24-25-26-27-28-29-30-31-32-33-34-35-36-37-38-39-41-43-45-47-49-56(61)67-54(53-66-58(57(62)63)64-51-50-59(3,4)5)52-65-55(60)48-46-44-42-40-15-13-11-9-7-2/h17-18,20-21,23-24,54,58H,6-16,19,22,25-53H2,1-5H3/p+1/b18-17-,21-20-,24-23-. The molecule has 0 saturated carbocycles. The van der Waals surface area contributed by atoms with Crippen molar-refractivity contribution in [3.05, 3.63) is 36.5 Å². The summed E-state index contributed by atoms with van der Waals surface area (Å²) in [5.41, 5.74) is 0. The van der Waals surface area contributed by atoms with E-state index in [0.717, 1.165) is 51.4 Å². The Hall–Kier alpha value is -2.49. The molecule has 0 aliphatic rings. The third kappa shape index (κ3) is 51.2. The number of carbonyl (C=O) groups excluding carboxylic acids is 2. The van der Waals surface area contributed by atoms with E-state index in [-0.39, 0.29) is 32.2 Å². The molecule has 67 heavy (non-hydrogen) atoms. The molecule has 0 aromatic heterocycles. The molecule has 9 heteroatoms. The van der Waals surface area contributed by atoms with Crippen LogP contribution in [0.1, 0.15) is 258 Å². The van der Waals surface area contributed by atoms with Gasteiger partial charge in [0, 0.05) is 12.8 Å². The number of unbranched alkanes of at least 4 members (excludes halogenated alkanes) is 31. The number of hydrogen-bond donors (Lipinski definition) is 1. The molecule has 0 aliphatic carbocycles. The van der Waals surface area contributed by atoms with Crippen molar-refractivity contribution in [1.82, 2.24) is 0 Å². The fraction of sp³-hybridized carbons (Fsp3) is 0.845. The average molecular weight is 948 g/mol. The summed E-state index contributed by atoms with van der Waals surface area (Å²) in [5.74, 6) is -2.00. The number of nitrogens with zero attached hydrogens (tertiary/aromatic N) is 1. The molecule has 0 amide bonds. The minimum absolute atomic E-state index is 0.178. The first-order chi connectivity index (χ1) is 32.6. The molecule has 0 heterocycles. The highest BCUT2D eigenvalue weighted by Crippen LogP contribution is 2.16. The van der Waals surface area contributed by atoms with Crippen molar-refractivity contribution >= 4 is 17.9 Å². The minimum atomic E-state index is -1.50. The van der Waals surface area contributed by atoms with E-state index in [9.17, 15) is 19.5 Å². The summed E-state index contributed by atoms with van der Waals surface area (Å²) in [7, 11) is 5.96. The van der Waals surface area contributed by atoms with E-state index in [1.807, 2.05) is 21.1 Å². The summed E-state index contributed by atoms with van der Waals surface area (Å²) in [6.45, 7) is 4.86. The number of carboxylic acids is 1. The number of likely N-dealkylation sites (N-methyl/N-ethyl adjacent to an activating group) is 1. The zero-order chi connectivity index (χ0) is 49.2. The van der Waals surface area contributed by atoms with Crippen LogP contribution in [-0.2, 0) is 33.3 Å². The summed E-state index contributed by atoms with van der Waals surface area (Å²) < 4.78 is 22.8. The Kier molecular flexibility index (Phi) is 48.1. The summed E-state index contributed by atoms with van der Waals surface area (Å²) in [4.78, 5) is 37.2. The molecule has 0 fully saturated rings. The van der Waals surface area contributed by atoms with Gasteiger partial charge >= 0.3 is 17.9 Å². The maximum Gasteiger partial charge on any atom is 0.361 e. The first kappa shape index (κ1) is 64.5. The first-order valence-corrected chi connectivity index (χ1v) is 28.2. The van der Waals surface area contributed by atoms with Gasteiger partial charge in [0.05, 0.1) is 34.4 Å². The molecular weight excluding hydrogens is 839 g/mol. The van der Waals surface area contributed by atoms with Crippen LogP contribution in [0.3, 0.4) is 0 Å². The second-order valence-corrected chi connectivity index (χ2v) is 20.3. The van der Waals surface area contributed by atoms with Gasteiger partial charge in [-0.3, -0.25) is 9.59 Å². The smallest absolute Gasteiger partial charge is 0.361 e. The van der Waals surface area contributed by atoms with Crippen LogP contribution in [0.15, 0.2) is 36.5 Å². The normalized spacial score (nSPS) is 13.0.